The summed E-state index contributed by atoms with van der Waals surface area (Å²) >= 11 is 0. The molecule has 1 heterocycles. The first-order valence-electron chi connectivity index (χ1n) is 8.22. The number of amides is 2. The highest BCUT2D eigenvalue weighted by molar-refractivity contribution is 6.26. The van der Waals surface area contributed by atoms with Crippen molar-refractivity contribution in [3.8, 4) is 0 Å². The van der Waals surface area contributed by atoms with Gasteiger partial charge in [0.2, 0.25) is 0 Å². The second-order valence-electron chi connectivity index (χ2n) is 6.21. The standard InChI is InChI=1S/C21H15NO4/c23-19-15-10-4-8-14-9-5-11-16(18(14)15)20(24)22(19)17(21(25)26)12-13-6-2-1-3-7-13/h1-11,17H,12H2,(H,25,26)/p-1/t17-/m1/s1. The number of imide groups is 1. The number of aliphatic carboxylic acids is 1. The number of hydrogen-bond acceptors (Lipinski definition) is 4. The summed E-state index contributed by atoms with van der Waals surface area (Å²) in [6.45, 7) is 0. The van der Waals surface area contributed by atoms with E-state index in [4.69, 9.17) is 0 Å². The van der Waals surface area contributed by atoms with E-state index in [2.05, 4.69) is 0 Å². The van der Waals surface area contributed by atoms with Crippen molar-refractivity contribution in [1.29, 1.82) is 0 Å². The molecule has 2 amide bonds. The Hall–Kier alpha value is -3.47. The van der Waals surface area contributed by atoms with Crippen LogP contribution in [0.4, 0.5) is 0 Å². The first-order chi connectivity index (χ1) is 12.6. The Balaban J connectivity index is 1.82. The molecular weight excluding hydrogens is 330 g/mol. The van der Waals surface area contributed by atoms with Gasteiger partial charge in [-0.15, -0.1) is 0 Å². The van der Waals surface area contributed by atoms with Crippen LogP contribution < -0.4 is 5.11 Å². The Kier molecular flexibility index (Phi) is 3.77. The summed E-state index contributed by atoms with van der Waals surface area (Å²) in [5.41, 5.74) is 1.37. The molecule has 0 saturated carbocycles. The number of carbonyl (C=O) groups is 3. The highest BCUT2D eigenvalue weighted by atomic mass is 16.4. The number of carbonyl (C=O) groups excluding carboxylic acids is 3. The van der Waals surface area contributed by atoms with E-state index in [-0.39, 0.29) is 6.42 Å². The fourth-order valence-corrected chi connectivity index (χ4v) is 3.45. The maximum absolute atomic E-state index is 13.0. The van der Waals surface area contributed by atoms with Crippen molar-refractivity contribution in [2.45, 2.75) is 12.5 Å². The topological polar surface area (TPSA) is 77.5 Å². The molecule has 0 aliphatic carbocycles. The van der Waals surface area contributed by atoms with Gasteiger partial charge in [-0.2, -0.15) is 0 Å². The zero-order valence-corrected chi connectivity index (χ0v) is 13.7. The lowest BCUT2D eigenvalue weighted by Gasteiger charge is -2.34. The van der Waals surface area contributed by atoms with Crippen molar-refractivity contribution >= 4 is 28.6 Å². The molecule has 0 aromatic heterocycles. The molecule has 4 rings (SSSR count). The molecule has 26 heavy (non-hydrogen) atoms. The molecule has 1 aliphatic rings. The third-order valence-corrected chi connectivity index (χ3v) is 4.66. The molecule has 5 heteroatoms. The van der Waals surface area contributed by atoms with Crippen LogP contribution >= 0.6 is 0 Å². The smallest absolute Gasteiger partial charge is 0.262 e. The second kappa shape index (κ2) is 6.11. The predicted molar refractivity (Wildman–Crippen MR) is 93.4 cm³/mol. The fourth-order valence-electron chi connectivity index (χ4n) is 3.45. The summed E-state index contributed by atoms with van der Waals surface area (Å²) in [6, 6.07) is 17.8. The van der Waals surface area contributed by atoms with E-state index in [1.165, 1.54) is 0 Å². The molecule has 1 atom stereocenters. The van der Waals surface area contributed by atoms with Crippen molar-refractivity contribution in [3.05, 3.63) is 83.4 Å². The minimum atomic E-state index is -1.46. The van der Waals surface area contributed by atoms with Crippen LogP contribution in [-0.2, 0) is 11.2 Å². The van der Waals surface area contributed by atoms with Crippen LogP contribution in [0.15, 0.2) is 66.7 Å². The summed E-state index contributed by atoms with van der Waals surface area (Å²) in [5, 5.41) is 13.1. The number of benzene rings is 3. The van der Waals surface area contributed by atoms with E-state index in [0.717, 1.165) is 10.3 Å². The molecule has 128 valence electrons. The van der Waals surface area contributed by atoms with Crippen molar-refractivity contribution in [2.75, 3.05) is 0 Å². The Morgan fingerprint density at radius 1 is 0.846 bits per heavy atom. The van der Waals surface area contributed by atoms with Crippen molar-refractivity contribution in [1.82, 2.24) is 4.90 Å². The van der Waals surface area contributed by atoms with Gasteiger partial charge in [0.1, 0.15) is 0 Å². The lowest BCUT2D eigenvalue weighted by atomic mass is 9.92. The highest BCUT2D eigenvalue weighted by Crippen LogP contribution is 2.31. The minimum Gasteiger partial charge on any atom is -0.548 e. The summed E-state index contributed by atoms with van der Waals surface area (Å²) in [7, 11) is 0. The first-order valence-corrected chi connectivity index (χ1v) is 8.22. The number of carboxylic acids is 1. The SMILES string of the molecule is O=C([O-])[C@@H](Cc1ccccc1)N1C(=O)c2cccc3cccc(c23)C1=O. The predicted octanol–water partition coefficient (Wildman–Crippen LogP) is 1.80. The van der Waals surface area contributed by atoms with Gasteiger partial charge in [0.05, 0.1) is 12.0 Å². The molecule has 0 fully saturated rings. The Morgan fingerprint density at radius 3 is 1.96 bits per heavy atom. The van der Waals surface area contributed by atoms with E-state index in [1.54, 1.807) is 48.5 Å². The molecule has 0 radical (unpaired) electrons. The van der Waals surface area contributed by atoms with Crippen LogP contribution in [0.25, 0.3) is 10.8 Å². The molecule has 0 unspecified atom stereocenters. The second-order valence-corrected chi connectivity index (χ2v) is 6.21. The maximum Gasteiger partial charge on any atom is 0.262 e. The van der Waals surface area contributed by atoms with Gasteiger partial charge >= 0.3 is 0 Å². The lowest BCUT2D eigenvalue weighted by Crippen LogP contribution is -2.55. The van der Waals surface area contributed by atoms with Gasteiger partial charge < -0.3 is 9.90 Å². The normalized spacial score (nSPS) is 14.5. The number of nitrogens with zero attached hydrogens (tertiary/aromatic N) is 1. The van der Waals surface area contributed by atoms with E-state index in [1.807, 2.05) is 18.2 Å². The zero-order chi connectivity index (χ0) is 18.3. The van der Waals surface area contributed by atoms with Crippen LogP contribution in [0.1, 0.15) is 26.3 Å². The Morgan fingerprint density at radius 2 is 1.42 bits per heavy atom. The molecule has 5 nitrogen and oxygen atoms in total. The average molecular weight is 344 g/mol. The molecule has 3 aromatic rings. The quantitative estimate of drug-likeness (QED) is 0.676. The summed E-state index contributed by atoms with van der Waals surface area (Å²) in [5.74, 6) is -2.67. The van der Waals surface area contributed by atoms with Gasteiger partial charge in [0.15, 0.2) is 0 Å². The van der Waals surface area contributed by atoms with Gasteiger partial charge in [-0.05, 0) is 29.5 Å². The van der Waals surface area contributed by atoms with Crippen molar-refractivity contribution in [3.63, 3.8) is 0 Å². The van der Waals surface area contributed by atoms with Gasteiger partial charge in [0.25, 0.3) is 11.8 Å². The molecular formula is C21H14NO4-. The van der Waals surface area contributed by atoms with Crippen LogP contribution in [-0.4, -0.2) is 28.7 Å². The zero-order valence-electron chi connectivity index (χ0n) is 13.7. The third kappa shape index (κ3) is 2.45. The molecule has 0 bridgehead atoms. The number of carboxylic acid groups (broad SMARTS) is 1. The fraction of sp³-hybridized carbons (Fsp3) is 0.0952. The molecule has 0 N–H and O–H groups in total. The summed E-state index contributed by atoms with van der Waals surface area (Å²) in [6.07, 6.45) is -0.00119. The average Bonchev–Trinajstić information content (AvgIpc) is 2.66. The minimum absolute atomic E-state index is 0.00119. The van der Waals surface area contributed by atoms with Gasteiger partial charge in [-0.25, -0.2) is 0 Å². The Labute approximate surface area is 149 Å². The number of hydrogen-bond donors (Lipinski definition) is 0. The monoisotopic (exact) mass is 344 g/mol. The van der Waals surface area contributed by atoms with E-state index in [9.17, 15) is 19.5 Å². The third-order valence-electron chi connectivity index (χ3n) is 4.66. The van der Waals surface area contributed by atoms with Gasteiger partial charge in [0, 0.05) is 16.5 Å². The van der Waals surface area contributed by atoms with Crippen molar-refractivity contribution in [2.24, 2.45) is 0 Å². The first kappa shape index (κ1) is 16.0. The van der Waals surface area contributed by atoms with Gasteiger partial charge in [-0.3, -0.25) is 14.5 Å². The largest absolute Gasteiger partial charge is 0.548 e. The van der Waals surface area contributed by atoms with Gasteiger partial charge in [-0.1, -0.05) is 54.6 Å². The summed E-state index contributed by atoms with van der Waals surface area (Å²) in [4.78, 5) is 38.5. The lowest BCUT2D eigenvalue weighted by molar-refractivity contribution is -0.310. The van der Waals surface area contributed by atoms with E-state index >= 15 is 0 Å². The van der Waals surface area contributed by atoms with Crippen molar-refractivity contribution < 1.29 is 19.5 Å². The molecule has 0 saturated heterocycles. The number of rotatable bonds is 4. The van der Waals surface area contributed by atoms with E-state index < -0.39 is 23.8 Å². The summed E-state index contributed by atoms with van der Waals surface area (Å²) < 4.78 is 0. The van der Waals surface area contributed by atoms with Crippen LogP contribution in [0.2, 0.25) is 0 Å². The molecule has 3 aromatic carbocycles. The van der Waals surface area contributed by atoms with Crippen LogP contribution in [0.5, 0.6) is 0 Å². The molecule has 1 aliphatic heterocycles. The maximum atomic E-state index is 13.0. The molecule has 0 spiro atoms. The van der Waals surface area contributed by atoms with Crippen LogP contribution in [0, 0.1) is 0 Å². The highest BCUT2D eigenvalue weighted by Gasteiger charge is 2.37. The van der Waals surface area contributed by atoms with E-state index in [0.29, 0.717) is 22.1 Å². The van der Waals surface area contributed by atoms with Crippen LogP contribution in [0.3, 0.4) is 0 Å². The Bertz CT molecular complexity index is 992.